The van der Waals surface area contributed by atoms with Gasteiger partial charge in [0, 0.05) is 19.3 Å². The molecule has 182 valence electrons. The number of aliphatic hydroxyl groups is 1. The summed E-state index contributed by atoms with van der Waals surface area (Å²) in [6, 6.07) is 0. The number of fused-ring (bicyclic) bond motifs is 1. The Kier molecular flexibility index (Phi) is 5.73. The Hall–Kier alpha value is -1.70. The lowest BCUT2D eigenvalue weighted by atomic mass is 9.73. The summed E-state index contributed by atoms with van der Waals surface area (Å²) in [6.45, 7) is 8.01. The van der Waals surface area contributed by atoms with Gasteiger partial charge in [0.05, 0.1) is 30.0 Å². The second-order valence-corrected chi connectivity index (χ2v) is 11.6. The van der Waals surface area contributed by atoms with E-state index >= 15 is 0 Å². The molecule has 0 radical (unpaired) electrons. The molecule has 0 saturated carbocycles. The van der Waals surface area contributed by atoms with Crippen LogP contribution in [0.1, 0.15) is 87.2 Å². The predicted octanol–water partition coefficient (Wildman–Crippen LogP) is 2.97. The molecule has 1 aliphatic carbocycles. The first-order valence-electron chi connectivity index (χ1n) is 12.7. The highest BCUT2D eigenvalue weighted by Gasteiger charge is 2.53. The highest BCUT2D eigenvalue weighted by molar-refractivity contribution is 5.95. The van der Waals surface area contributed by atoms with Gasteiger partial charge in [-0.3, -0.25) is 9.59 Å². The van der Waals surface area contributed by atoms with E-state index in [1.807, 2.05) is 18.7 Å². The number of nitrogens with one attached hydrogen (secondary N) is 1. The monoisotopic (exact) mass is 458 g/mol. The first-order valence-corrected chi connectivity index (χ1v) is 12.7. The highest BCUT2D eigenvalue weighted by Crippen LogP contribution is 2.49. The third-order valence-corrected chi connectivity index (χ3v) is 8.85. The maximum absolute atomic E-state index is 13.4. The predicted molar refractivity (Wildman–Crippen MR) is 124 cm³/mol. The van der Waals surface area contributed by atoms with Gasteiger partial charge in [-0.05, 0) is 95.1 Å². The van der Waals surface area contributed by atoms with Crippen LogP contribution in [0.2, 0.25) is 0 Å². The molecule has 3 saturated heterocycles. The van der Waals surface area contributed by atoms with Gasteiger partial charge in [0.1, 0.15) is 5.56 Å². The summed E-state index contributed by atoms with van der Waals surface area (Å²) in [5.41, 5.74) is 1.27. The van der Waals surface area contributed by atoms with Crippen molar-refractivity contribution in [3.05, 3.63) is 33.2 Å². The quantitative estimate of drug-likeness (QED) is 0.711. The Bertz CT molecular complexity index is 977. The summed E-state index contributed by atoms with van der Waals surface area (Å²) in [6.07, 6.45) is 9.40. The van der Waals surface area contributed by atoms with Crippen LogP contribution in [0.4, 0.5) is 0 Å². The molecule has 1 aromatic heterocycles. The van der Waals surface area contributed by atoms with Crippen molar-refractivity contribution in [2.75, 3.05) is 19.7 Å². The van der Waals surface area contributed by atoms with Gasteiger partial charge in [-0.15, -0.1) is 0 Å². The van der Waals surface area contributed by atoms with Gasteiger partial charge in [-0.25, -0.2) is 0 Å². The zero-order chi connectivity index (χ0) is 23.4. The largest absolute Gasteiger partial charge is 0.390 e. The highest BCUT2D eigenvalue weighted by atomic mass is 16.6. The number of likely N-dealkylation sites (tertiary alicyclic amines) is 1. The van der Waals surface area contributed by atoms with Crippen LogP contribution in [0.25, 0.3) is 0 Å². The van der Waals surface area contributed by atoms with Crippen LogP contribution in [-0.2, 0) is 22.3 Å². The van der Waals surface area contributed by atoms with Crippen molar-refractivity contribution >= 4 is 5.91 Å². The van der Waals surface area contributed by atoms with Gasteiger partial charge in [0.15, 0.2) is 0 Å². The van der Waals surface area contributed by atoms with E-state index in [1.54, 1.807) is 6.20 Å². The fourth-order valence-corrected chi connectivity index (χ4v) is 6.55. The fourth-order valence-electron chi connectivity index (χ4n) is 6.55. The van der Waals surface area contributed by atoms with E-state index in [9.17, 15) is 14.7 Å². The van der Waals surface area contributed by atoms with E-state index in [-0.39, 0.29) is 23.0 Å². The molecule has 0 unspecified atom stereocenters. The van der Waals surface area contributed by atoms with Crippen LogP contribution in [0.3, 0.4) is 0 Å². The van der Waals surface area contributed by atoms with Gasteiger partial charge in [0.25, 0.3) is 11.5 Å². The first kappa shape index (κ1) is 23.1. The second-order valence-electron chi connectivity index (χ2n) is 11.6. The van der Waals surface area contributed by atoms with Gasteiger partial charge in [0.2, 0.25) is 0 Å². The molecule has 3 aliphatic heterocycles. The maximum atomic E-state index is 13.4. The second kappa shape index (κ2) is 8.21. The normalized spacial score (nSPS) is 33.2. The molecule has 1 aromatic rings. The van der Waals surface area contributed by atoms with E-state index in [1.165, 1.54) is 0 Å². The number of aliphatic hydroxyl groups excluding tert-OH is 1. The summed E-state index contributed by atoms with van der Waals surface area (Å²) in [5.74, 6) is -0.112. The summed E-state index contributed by atoms with van der Waals surface area (Å²) >= 11 is 0. The maximum Gasteiger partial charge on any atom is 0.261 e. The van der Waals surface area contributed by atoms with E-state index < -0.39 is 17.3 Å². The summed E-state index contributed by atoms with van der Waals surface area (Å²) in [7, 11) is 0. The number of pyridine rings is 1. The third kappa shape index (κ3) is 4.06. The number of piperidine rings is 1. The summed E-state index contributed by atoms with van der Waals surface area (Å²) in [4.78, 5) is 30.7. The Morgan fingerprint density at radius 3 is 2.61 bits per heavy atom. The number of amides is 1. The molecule has 3 fully saturated rings. The lowest BCUT2D eigenvalue weighted by Crippen LogP contribution is -2.56. The van der Waals surface area contributed by atoms with E-state index in [2.05, 4.69) is 11.9 Å². The van der Waals surface area contributed by atoms with Crippen LogP contribution in [0, 0.1) is 5.41 Å². The summed E-state index contributed by atoms with van der Waals surface area (Å²) in [5, 5.41) is 10.3. The minimum atomic E-state index is -0.580. The molecule has 33 heavy (non-hydrogen) atoms. The average molecular weight is 459 g/mol. The minimum absolute atomic E-state index is 0.00415. The number of ether oxygens (including phenoxy) is 2. The molecular formula is C26H38N2O5. The van der Waals surface area contributed by atoms with Gasteiger partial charge in [-0.1, -0.05) is 0 Å². The number of aromatic amines is 1. The number of hydrogen-bond acceptors (Lipinski definition) is 5. The lowest BCUT2D eigenvalue weighted by Gasteiger charge is -2.48. The smallest absolute Gasteiger partial charge is 0.261 e. The zero-order valence-corrected chi connectivity index (χ0v) is 20.2. The van der Waals surface area contributed by atoms with Gasteiger partial charge < -0.3 is 24.5 Å². The van der Waals surface area contributed by atoms with Crippen molar-refractivity contribution in [2.45, 2.75) is 102 Å². The molecule has 1 amide bonds. The number of nitrogens with zero attached hydrogens (tertiary/aromatic N) is 1. The minimum Gasteiger partial charge on any atom is -0.390 e. The van der Waals surface area contributed by atoms with Crippen molar-refractivity contribution in [2.24, 2.45) is 5.41 Å². The topological polar surface area (TPSA) is 91.9 Å². The van der Waals surface area contributed by atoms with Crippen LogP contribution >= 0.6 is 0 Å². The zero-order valence-electron chi connectivity index (χ0n) is 20.2. The first-order chi connectivity index (χ1) is 15.6. The van der Waals surface area contributed by atoms with Crippen LogP contribution in [0.5, 0.6) is 0 Å². The Morgan fingerprint density at radius 1 is 1.15 bits per heavy atom. The fraction of sp³-hybridized carbons (Fsp3) is 0.769. The molecule has 7 heteroatoms. The van der Waals surface area contributed by atoms with Crippen molar-refractivity contribution in [1.82, 2.24) is 9.88 Å². The van der Waals surface area contributed by atoms with E-state index in [4.69, 9.17) is 9.47 Å². The number of rotatable bonds is 2. The van der Waals surface area contributed by atoms with Gasteiger partial charge >= 0.3 is 0 Å². The Balaban J connectivity index is 1.26. The van der Waals surface area contributed by atoms with Crippen molar-refractivity contribution in [3.63, 3.8) is 0 Å². The molecule has 0 bridgehead atoms. The molecule has 5 rings (SSSR count). The van der Waals surface area contributed by atoms with Crippen molar-refractivity contribution in [3.8, 4) is 0 Å². The molecule has 1 spiro atoms. The third-order valence-electron chi connectivity index (χ3n) is 8.85. The summed E-state index contributed by atoms with van der Waals surface area (Å²) < 4.78 is 12.7. The van der Waals surface area contributed by atoms with Crippen LogP contribution in [-0.4, -0.2) is 64.0 Å². The molecule has 4 heterocycles. The number of H-pyrrole nitrogens is 1. The number of carbonyl (C=O) groups is 1. The molecule has 4 aliphatic rings. The average Bonchev–Trinajstić information content (AvgIpc) is 3.21. The van der Waals surface area contributed by atoms with E-state index in [0.717, 1.165) is 62.5 Å². The van der Waals surface area contributed by atoms with Crippen LogP contribution < -0.4 is 5.56 Å². The van der Waals surface area contributed by atoms with Crippen molar-refractivity contribution < 1.29 is 19.4 Å². The molecule has 0 aromatic carbocycles. The number of carbonyl (C=O) groups excluding carboxylic acids is 1. The lowest BCUT2D eigenvalue weighted by molar-refractivity contribution is -0.245. The number of hydrogen-bond donors (Lipinski definition) is 2. The standard InChI is InChI=1S/C26H38N2O5/c1-24(2)19(29)8-9-25(3,33-24)20-14-26(16-32-20)10-12-28(13-11-26)23(31)21-18-7-5-4-6-17(18)15-27-22(21)30/h15,19-20,29H,4-14,16H2,1-3H3,(H,27,30)/t19-,20+,25+/m0/s1. The molecule has 2 N–H and O–H groups in total. The SMILES string of the molecule is CC1(C)O[C@@](C)([C@H]2CC3(CCN(C(=O)c4c5c(c[nH]c4=O)CCCC5)CC3)CO2)CC[C@@H]1O. The van der Waals surface area contributed by atoms with Gasteiger partial charge in [-0.2, -0.15) is 0 Å². The van der Waals surface area contributed by atoms with E-state index in [0.29, 0.717) is 31.7 Å². The number of aryl methyl sites for hydroxylation is 1. The Morgan fingerprint density at radius 2 is 1.88 bits per heavy atom. The number of aromatic nitrogens is 1. The van der Waals surface area contributed by atoms with Crippen LogP contribution in [0.15, 0.2) is 11.0 Å². The Labute approximate surface area is 195 Å². The molecule has 7 nitrogen and oxygen atoms in total. The molecule has 3 atom stereocenters. The molecular weight excluding hydrogens is 420 g/mol. The van der Waals surface area contributed by atoms with Crippen molar-refractivity contribution in [1.29, 1.82) is 0 Å².